The zero-order valence-corrected chi connectivity index (χ0v) is 12.6. The van der Waals surface area contributed by atoms with Crippen molar-refractivity contribution in [3.05, 3.63) is 44.8 Å². The smallest absolute Gasteiger partial charge is 0.226 e. The highest BCUT2D eigenvalue weighted by Gasteiger charge is 2.11. The van der Waals surface area contributed by atoms with Crippen LogP contribution in [0.15, 0.2) is 18.2 Å². The highest BCUT2D eigenvalue weighted by Crippen LogP contribution is 2.30. The first-order valence-electron chi connectivity index (χ1n) is 5.66. The lowest BCUT2D eigenvalue weighted by Crippen LogP contribution is -2.00. The molecule has 2 aromatic rings. The van der Waals surface area contributed by atoms with E-state index in [-0.39, 0.29) is 0 Å². The minimum absolute atomic E-state index is 0.384. The Labute approximate surface area is 126 Å². The maximum Gasteiger partial charge on any atom is 0.226 e. The molecular weight excluding hydrogens is 307 g/mol. The predicted octanol–water partition coefficient (Wildman–Crippen LogP) is 5.10. The van der Waals surface area contributed by atoms with Crippen LogP contribution in [0.1, 0.15) is 18.3 Å². The number of ether oxygens (including phenoxy) is 1. The lowest BCUT2D eigenvalue weighted by molar-refractivity contribution is 0.454. The van der Waals surface area contributed by atoms with Gasteiger partial charge in [0.15, 0.2) is 0 Å². The van der Waals surface area contributed by atoms with Crippen LogP contribution in [0.3, 0.4) is 0 Å². The summed E-state index contributed by atoms with van der Waals surface area (Å²) in [6.45, 7) is 3.74. The van der Waals surface area contributed by atoms with Crippen molar-refractivity contribution in [1.29, 1.82) is 0 Å². The maximum atomic E-state index is 6.04. The van der Waals surface area contributed by atoms with Crippen LogP contribution in [0, 0.1) is 6.92 Å². The Kier molecular flexibility index (Phi) is 4.50. The number of aromatic nitrogens is 2. The first kappa shape index (κ1) is 14.4. The van der Waals surface area contributed by atoms with E-state index in [0.29, 0.717) is 44.6 Å². The van der Waals surface area contributed by atoms with Gasteiger partial charge in [0.25, 0.3) is 0 Å². The van der Waals surface area contributed by atoms with Gasteiger partial charge in [-0.25, -0.2) is 4.98 Å². The molecule has 0 aliphatic heterocycles. The van der Waals surface area contributed by atoms with Crippen molar-refractivity contribution in [3.63, 3.8) is 0 Å². The average Bonchev–Trinajstić information content (AvgIpc) is 2.33. The molecule has 3 nitrogen and oxygen atoms in total. The normalized spacial score (nSPS) is 10.6. The van der Waals surface area contributed by atoms with Crippen LogP contribution in [-0.2, 0) is 6.42 Å². The highest BCUT2D eigenvalue weighted by molar-refractivity contribution is 6.34. The zero-order valence-electron chi connectivity index (χ0n) is 10.4. The molecule has 1 aromatic heterocycles. The van der Waals surface area contributed by atoms with E-state index in [1.165, 1.54) is 0 Å². The molecular formula is C13H11Cl3N2O. The molecule has 6 heteroatoms. The van der Waals surface area contributed by atoms with Crippen molar-refractivity contribution in [2.75, 3.05) is 0 Å². The fourth-order valence-electron chi connectivity index (χ4n) is 1.47. The predicted molar refractivity (Wildman–Crippen MR) is 77.7 cm³/mol. The summed E-state index contributed by atoms with van der Waals surface area (Å²) in [4.78, 5) is 8.45. The summed E-state index contributed by atoms with van der Waals surface area (Å²) in [6.07, 6.45) is 0.673. The topological polar surface area (TPSA) is 35.0 Å². The molecule has 0 saturated carbocycles. The lowest BCUT2D eigenvalue weighted by Gasteiger charge is -2.10. The summed E-state index contributed by atoms with van der Waals surface area (Å²) in [5, 5.41) is 1.38. The van der Waals surface area contributed by atoms with Gasteiger partial charge in [-0.3, -0.25) is 0 Å². The van der Waals surface area contributed by atoms with E-state index in [4.69, 9.17) is 39.5 Å². The molecule has 100 valence electrons. The Morgan fingerprint density at radius 2 is 1.68 bits per heavy atom. The molecule has 1 heterocycles. The van der Waals surface area contributed by atoms with E-state index in [1.807, 2.05) is 6.92 Å². The molecule has 0 aliphatic rings. The molecule has 0 saturated heterocycles. The summed E-state index contributed by atoms with van der Waals surface area (Å²) in [5.41, 5.74) is 0.676. The standard InChI is InChI=1S/C13H11Cl3N2O/c1-3-11-17-12(16)7(2)13(18-11)19-10-5-8(14)4-9(15)6-10/h4-6H,3H2,1-2H3. The van der Waals surface area contributed by atoms with E-state index in [9.17, 15) is 0 Å². The Morgan fingerprint density at radius 3 is 2.26 bits per heavy atom. The van der Waals surface area contributed by atoms with E-state index in [2.05, 4.69) is 9.97 Å². The van der Waals surface area contributed by atoms with Crippen LogP contribution in [0.25, 0.3) is 0 Å². The Balaban J connectivity index is 2.39. The fraction of sp³-hybridized carbons (Fsp3) is 0.231. The molecule has 0 aliphatic carbocycles. The van der Waals surface area contributed by atoms with Gasteiger partial charge < -0.3 is 4.74 Å². The third-order valence-electron chi connectivity index (χ3n) is 2.45. The van der Waals surface area contributed by atoms with Gasteiger partial charge in [0.05, 0.1) is 0 Å². The van der Waals surface area contributed by atoms with Crippen LogP contribution in [0.5, 0.6) is 11.6 Å². The average molecular weight is 318 g/mol. The van der Waals surface area contributed by atoms with Crippen LogP contribution >= 0.6 is 34.8 Å². The van der Waals surface area contributed by atoms with Crippen molar-refractivity contribution in [2.24, 2.45) is 0 Å². The number of aryl methyl sites for hydroxylation is 1. The second kappa shape index (κ2) is 5.95. The Hall–Kier alpha value is -1.03. The molecule has 0 spiro atoms. The van der Waals surface area contributed by atoms with Crippen molar-refractivity contribution in [2.45, 2.75) is 20.3 Å². The second-order valence-electron chi connectivity index (χ2n) is 3.92. The largest absolute Gasteiger partial charge is 0.438 e. The molecule has 2 rings (SSSR count). The van der Waals surface area contributed by atoms with Gasteiger partial charge in [0.2, 0.25) is 5.88 Å². The number of benzene rings is 1. The third-order valence-corrected chi connectivity index (χ3v) is 3.26. The summed E-state index contributed by atoms with van der Waals surface area (Å²) in [5.74, 6) is 1.55. The fourth-order valence-corrected chi connectivity index (χ4v) is 2.15. The van der Waals surface area contributed by atoms with Crippen LogP contribution < -0.4 is 4.74 Å². The van der Waals surface area contributed by atoms with Crippen LogP contribution in [0.2, 0.25) is 15.2 Å². The minimum Gasteiger partial charge on any atom is -0.438 e. The molecule has 0 radical (unpaired) electrons. The lowest BCUT2D eigenvalue weighted by atomic mass is 10.3. The maximum absolute atomic E-state index is 6.04. The van der Waals surface area contributed by atoms with Gasteiger partial charge in [-0.1, -0.05) is 41.7 Å². The van der Waals surface area contributed by atoms with Gasteiger partial charge in [-0.05, 0) is 25.1 Å². The van der Waals surface area contributed by atoms with Gasteiger partial charge in [-0.15, -0.1) is 0 Å². The van der Waals surface area contributed by atoms with E-state index >= 15 is 0 Å². The van der Waals surface area contributed by atoms with Gasteiger partial charge in [0, 0.05) is 22.0 Å². The summed E-state index contributed by atoms with van der Waals surface area (Å²) in [7, 11) is 0. The van der Waals surface area contributed by atoms with Crippen LogP contribution in [-0.4, -0.2) is 9.97 Å². The molecule has 0 unspecified atom stereocenters. The Bertz CT molecular complexity index is 597. The van der Waals surface area contributed by atoms with Crippen LogP contribution in [0.4, 0.5) is 0 Å². The van der Waals surface area contributed by atoms with E-state index in [0.717, 1.165) is 0 Å². The molecule has 0 bridgehead atoms. The molecule has 0 fully saturated rings. The molecule has 1 aromatic carbocycles. The zero-order chi connectivity index (χ0) is 14.0. The van der Waals surface area contributed by atoms with Crippen molar-refractivity contribution < 1.29 is 4.74 Å². The summed E-state index contributed by atoms with van der Waals surface area (Å²) < 4.78 is 5.69. The Morgan fingerprint density at radius 1 is 1.05 bits per heavy atom. The molecule has 0 atom stereocenters. The van der Waals surface area contributed by atoms with Crippen molar-refractivity contribution in [3.8, 4) is 11.6 Å². The van der Waals surface area contributed by atoms with E-state index in [1.54, 1.807) is 25.1 Å². The second-order valence-corrected chi connectivity index (χ2v) is 5.15. The summed E-state index contributed by atoms with van der Waals surface area (Å²) >= 11 is 17.9. The van der Waals surface area contributed by atoms with Gasteiger partial charge in [0.1, 0.15) is 16.7 Å². The van der Waals surface area contributed by atoms with Crippen molar-refractivity contribution >= 4 is 34.8 Å². The van der Waals surface area contributed by atoms with Gasteiger partial charge >= 0.3 is 0 Å². The van der Waals surface area contributed by atoms with Crippen molar-refractivity contribution in [1.82, 2.24) is 9.97 Å². The number of hydrogen-bond donors (Lipinski definition) is 0. The third kappa shape index (κ3) is 3.50. The number of halogens is 3. The number of rotatable bonds is 3. The quantitative estimate of drug-likeness (QED) is 0.739. The summed E-state index contributed by atoms with van der Waals surface area (Å²) in [6, 6.07) is 4.95. The number of hydrogen-bond acceptors (Lipinski definition) is 3. The first-order chi connectivity index (χ1) is 8.99. The minimum atomic E-state index is 0.384. The monoisotopic (exact) mass is 316 g/mol. The van der Waals surface area contributed by atoms with Gasteiger partial charge in [-0.2, -0.15) is 4.98 Å². The number of nitrogens with zero attached hydrogens (tertiary/aromatic N) is 2. The first-order valence-corrected chi connectivity index (χ1v) is 6.80. The van der Waals surface area contributed by atoms with E-state index < -0.39 is 0 Å². The molecule has 0 amide bonds. The molecule has 19 heavy (non-hydrogen) atoms. The molecule has 0 N–H and O–H groups in total. The highest BCUT2D eigenvalue weighted by atomic mass is 35.5. The SMILES string of the molecule is CCc1nc(Cl)c(C)c(Oc2cc(Cl)cc(Cl)c2)n1.